The summed E-state index contributed by atoms with van der Waals surface area (Å²) in [5.74, 6) is 0.799. The number of ether oxygens (including phenoxy) is 2. The molecule has 4 unspecified atom stereocenters. The SMILES string of the molecule is CCOc1ccc(Cc2cc([C@H]3OC(CO)C(O)C(O)C3O)ccc2Cl)cc1. The molecule has 5 atom stereocenters. The van der Waals surface area contributed by atoms with Gasteiger partial charge in [-0.25, -0.2) is 0 Å². The van der Waals surface area contributed by atoms with Crippen LogP contribution in [0.1, 0.15) is 29.7 Å². The zero-order chi connectivity index (χ0) is 20.3. The maximum atomic E-state index is 10.3. The molecule has 3 rings (SSSR count). The van der Waals surface area contributed by atoms with Gasteiger partial charge in [0.05, 0.1) is 13.2 Å². The van der Waals surface area contributed by atoms with Crippen LogP contribution in [0.15, 0.2) is 42.5 Å². The molecular formula is C21H25ClO6. The van der Waals surface area contributed by atoms with Gasteiger partial charge >= 0.3 is 0 Å². The molecule has 1 heterocycles. The van der Waals surface area contributed by atoms with Crippen molar-refractivity contribution in [2.75, 3.05) is 13.2 Å². The molecule has 7 heteroatoms. The molecule has 0 spiro atoms. The van der Waals surface area contributed by atoms with Crippen LogP contribution in [-0.2, 0) is 11.2 Å². The van der Waals surface area contributed by atoms with E-state index in [9.17, 15) is 20.4 Å². The Kier molecular flexibility index (Phi) is 6.93. The Morgan fingerprint density at radius 1 is 1.00 bits per heavy atom. The molecule has 6 nitrogen and oxygen atoms in total. The van der Waals surface area contributed by atoms with Crippen LogP contribution >= 0.6 is 11.6 Å². The van der Waals surface area contributed by atoms with Crippen LogP contribution in [0.25, 0.3) is 0 Å². The predicted octanol–water partition coefficient (Wildman–Crippen LogP) is 1.84. The normalized spacial score (nSPS) is 27.6. The Hall–Kier alpha value is -1.67. The highest BCUT2D eigenvalue weighted by Crippen LogP contribution is 2.34. The molecule has 1 aliphatic rings. The Labute approximate surface area is 168 Å². The molecule has 1 aliphatic heterocycles. The zero-order valence-corrected chi connectivity index (χ0v) is 16.3. The minimum Gasteiger partial charge on any atom is -0.494 e. The van der Waals surface area contributed by atoms with Gasteiger partial charge in [-0.05, 0) is 48.2 Å². The fourth-order valence-corrected chi connectivity index (χ4v) is 3.56. The van der Waals surface area contributed by atoms with E-state index >= 15 is 0 Å². The molecule has 0 radical (unpaired) electrons. The summed E-state index contributed by atoms with van der Waals surface area (Å²) in [5, 5.41) is 40.3. The predicted molar refractivity (Wildman–Crippen MR) is 105 cm³/mol. The molecule has 1 saturated heterocycles. The second-order valence-corrected chi connectivity index (χ2v) is 7.26. The van der Waals surface area contributed by atoms with Gasteiger partial charge in [-0.2, -0.15) is 0 Å². The standard InChI is InChI=1S/C21H25ClO6/c1-2-27-15-6-3-12(4-7-15)9-14-10-13(5-8-16(14)22)21-20(26)19(25)18(24)17(11-23)28-21/h3-8,10,17-21,23-26H,2,9,11H2,1H3/t17?,18?,19?,20?,21-/m1/s1. The zero-order valence-electron chi connectivity index (χ0n) is 15.5. The third kappa shape index (κ3) is 4.49. The molecule has 1 fully saturated rings. The molecular weight excluding hydrogens is 384 g/mol. The lowest BCUT2D eigenvalue weighted by molar-refractivity contribution is -0.231. The van der Waals surface area contributed by atoms with Crippen LogP contribution in [0, 0.1) is 0 Å². The first kappa shape index (κ1) is 21.0. The average molecular weight is 409 g/mol. The van der Waals surface area contributed by atoms with Crippen LogP contribution < -0.4 is 4.74 Å². The topological polar surface area (TPSA) is 99.4 Å². The van der Waals surface area contributed by atoms with Gasteiger partial charge < -0.3 is 29.9 Å². The van der Waals surface area contributed by atoms with Gasteiger partial charge in [-0.15, -0.1) is 0 Å². The van der Waals surface area contributed by atoms with Gasteiger partial charge in [0, 0.05) is 5.02 Å². The van der Waals surface area contributed by atoms with Crippen molar-refractivity contribution < 1.29 is 29.9 Å². The Morgan fingerprint density at radius 2 is 1.71 bits per heavy atom. The number of benzene rings is 2. The summed E-state index contributed by atoms with van der Waals surface area (Å²) >= 11 is 6.35. The number of hydrogen-bond acceptors (Lipinski definition) is 6. The number of aliphatic hydroxyl groups excluding tert-OH is 4. The van der Waals surface area contributed by atoms with E-state index in [4.69, 9.17) is 21.1 Å². The van der Waals surface area contributed by atoms with Gasteiger partial charge in [0.15, 0.2) is 0 Å². The van der Waals surface area contributed by atoms with Crippen LogP contribution in [0.4, 0.5) is 0 Å². The maximum absolute atomic E-state index is 10.3. The molecule has 0 amide bonds. The molecule has 0 saturated carbocycles. The highest BCUT2D eigenvalue weighted by Gasteiger charge is 2.43. The van der Waals surface area contributed by atoms with Crippen molar-refractivity contribution in [1.29, 1.82) is 0 Å². The molecule has 0 bridgehead atoms. The second kappa shape index (κ2) is 9.22. The van der Waals surface area contributed by atoms with E-state index in [0.29, 0.717) is 23.6 Å². The summed E-state index contributed by atoms with van der Waals surface area (Å²) in [4.78, 5) is 0. The molecule has 4 N–H and O–H groups in total. The highest BCUT2D eigenvalue weighted by atomic mass is 35.5. The van der Waals surface area contributed by atoms with E-state index in [-0.39, 0.29) is 0 Å². The van der Waals surface area contributed by atoms with E-state index in [1.807, 2.05) is 37.3 Å². The third-order valence-electron chi connectivity index (χ3n) is 4.92. The second-order valence-electron chi connectivity index (χ2n) is 6.85. The number of halogens is 1. The first-order valence-electron chi connectivity index (χ1n) is 9.25. The summed E-state index contributed by atoms with van der Waals surface area (Å²) < 4.78 is 11.1. The summed E-state index contributed by atoms with van der Waals surface area (Å²) in [6.07, 6.45) is -5.39. The molecule has 152 valence electrons. The Morgan fingerprint density at radius 3 is 2.36 bits per heavy atom. The molecule has 0 aromatic heterocycles. The van der Waals surface area contributed by atoms with Crippen molar-refractivity contribution in [1.82, 2.24) is 0 Å². The van der Waals surface area contributed by atoms with Crippen molar-refractivity contribution in [3.05, 3.63) is 64.2 Å². The number of aliphatic hydroxyl groups is 4. The number of rotatable bonds is 6. The lowest BCUT2D eigenvalue weighted by atomic mass is 9.90. The third-order valence-corrected chi connectivity index (χ3v) is 5.29. The van der Waals surface area contributed by atoms with E-state index in [1.165, 1.54) is 0 Å². The number of hydrogen-bond donors (Lipinski definition) is 4. The molecule has 28 heavy (non-hydrogen) atoms. The molecule has 0 aliphatic carbocycles. The van der Waals surface area contributed by atoms with Gasteiger partial charge in [0.1, 0.15) is 36.3 Å². The first-order valence-corrected chi connectivity index (χ1v) is 9.63. The lowest BCUT2D eigenvalue weighted by Crippen LogP contribution is -2.55. The maximum Gasteiger partial charge on any atom is 0.119 e. The minimum absolute atomic E-state index is 0.464. The van der Waals surface area contributed by atoms with Crippen molar-refractivity contribution in [3.63, 3.8) is 0 Å². The van der Waals surface area contributed by atoms with Crippen molar-refractivity contribution in [2.24, 2.45) is 0 Å². The summed E-state index contributed by atoms with van der Waals surface area (Å²) in [6, 6.07) is 12.9. The van der Waals surface area contributed by atoms with Gasteiger partial charge in [-0.3, -0.25) is 0 Å². The smallest absolute Gasteiger partial charge is 0.119 e. The fourth-order valence-electron chi connectivity index (χ4n) is 3.37. The summed E-state index contributed by atoms with van der Waals surface area (Å²) in [6.45, 7) is 2.07. The van der Waals surface area contributed by atoms with Crippen LogP contribution in [0.2, 0.25) is 5.02 Å². The quantitative estimate of drug-likeness (QED) is 0.582. The van der Waals surface area contributed by atoms with Crippen molar-refractivity contribution in [3.8, 4) is 5.75 Å². The van der Waals surface area contributed by atoms with Gasteiger partial charge in [-0.1, -0.05) is 35.9 Å². The van der Waals surface area contributed by atoms with Crippen LogP contribution in [-0.4, -0.2) is 58.1 Å². The Balaban J connectivity index is 1.82. The Bertz CT molecular complexity index is 779. The first-order chi connectivity index (χ1) is 13.4. The lowest BCUT2D eigenvalue weighted by Gasteiger charge is -2.40. The molecule has 2 aromatic rings. The van der Waals surface area contributed by atoms with Crippen LogP contribution in [0.3, 0.4) is 0 Å². The summed E-state index contributed by atoms with van der Waals surface area (Å²) in [5.41, 5.74) is 2.49. The van der Waals surface area contributed by atoms with E-state index in [1.54, 1.807) is 12.1 Å². The van der Waals surface area contributed by atoms with Crippen LogP contribution in [0.5, 0.6) is 5.75 Å². The highest BCUT2D eigenvalue weighted by molar-refractivity contribution is 6.31. The van der Waals surface area contributed by atoms with Crippen molar-refractivity contribution in [2.45, 2.75) is 43.9 Å². The van der Waals surface area contributed by atoms with Gasteiger partial charge in [0.25, 0.3) is 0 Å². The monoisotopic (exact) mass is 408 g/mol. The van der Waals surface area contributed by atoms with Crippen molar-refractivity contribution >= 4 is 11.6 Å². The molecule has 2 aromatic carbocycles. The minimum atomic E-state index is -1.42. The fraction of sp³-hybridized carbons (Fsp3) is 0.429. The van der Waals surface area contributed by atoms with E-state index in [0.717, 1.165) is 16.9 Å². The van der Waals surface area contributed by atoms with E-state index < -0.39 is 37.1 Å². The van der Waals surface area contributed by atoms with Gasteiger partial charge in [0.2, 0.25) is 0 Å². The van der Waals surface area contributed by atoms with E-state index in [2.05, 4.69) is 0 Å². The largest absolute Gasteiger partial charge is 0.494 e. The average Bonchev–Trinajstić information content (AvgIpc) is 2.70. The summed E-state index contributed by atoms with van der Waals surface area (Å²) in [7, 11) is 0.